The normalized spacial score (nSPS) is 17.9. The molecule has 0 saturated carbocycles. The molecule has 5 nitrogen and oxygen atoms in total. The van der Waals surface area contributed by atoms with Crippen LogP contribution in [0.25, 0.3) is 0 Å². The molecule has 5 heteroatoms. The molecular weight excluding hydrogens is 252 g/mol. The van der Waals surface area contributed by atoms with Crippen LogP contribution >= 0.6 is 0 Å². The average molecular weight is 270 g/mol. The Kier molecular flexibility index (Phi) is 3.28. The maximum Gasteiger partial charge on any atom is 0.274 e. The van der Waals surface area contributed by atoms with E-state index in [9.17, 15) is 4.79 Å². The number of hydrogen-bond donors (Lipinski definition) is 1. The Balaban J connectivity index is 1.93. The van der Waals surface area contributed by atoms with Crippen molar-refractivity contribution in [3.8, 4) is 0 Å². The molecule has 1 atom stereocenters. The van der Waals surface area contributed by atoms with Crippen LogP contribution in [0.15, 0.2) is 36.8 Å². The number of carbonyl (C=O) groups is 1. The Morgan fingerprint density at radius 2 is 2.25 bits per heavy atom. The van der Waals surface area contributed by atoms with Crippen molar-refractivity contribution in [1.29, 1.82) is 0 Å². The fraction of sp³-hybridized carbons (Fsp3) is 0.333. The van der Waals surface area contributed by atoms with Gasteiger partial charge in [0.25, 0.3) is 5.91 Å². The molecule has 3 rings (SSSR count). The van der Waals surface area contributed by atoms with Gasteiger partial charge in [-0.3, -0.25) is 4.79 Å². The molecule has 20 heavy (non-hydrogen) atoms. The third-order valence-corrected chi connectivity index (χ3v) is 3.82. The highest BCUT2D eigenvalue weighted by Crippen LogP contribution is 2.29. The van der Waals surface area contributed by atoms with E-state index in [1.165, 1.54) is 5.56 Å². The average Bonchev–Trinajstić information content (AvgIpc) is 2.91. The molecular formula is C15H18N4O. The molecule has 2 aromatic rings. The summed E-state index contributed by atoms with van der Waals surface area (Å²) in [6.07, 6.45) is 4.25. The van der Waals surface area contributed by atoms with E-state index in [1.54, 1.807) is 17.1 Å². The molecule has 0 radical (unpaired) electrons. The van der Waals surface area contributed by atoms with Crippen molar-refractivity contribution in [2.45, 2.75) is 12.5 Å². The second-order valence-electron chi connectivity index (χ2n) is 5.12. The summed E-state index contributed by atoms with van der Waals surface area (Å²) in [7, 11) is 1.86. The predicted octanol–water partition coefficient (Wildman–Crippen LogP) is 1.12. The highest BCUT2D eigenvalue weighted by atomic mass is 16.2. The molecule has 0 aliphatic carbocycles. The molecule has 0 saturated heterocycles. The maximum atomic E-state index is 12.6. The van der Waals surface area contributed by atoms with Crippen molar-refractivity contribution in [3.05, 3.63) is 53.6 Å². The molecule has 0 fully saturated rings. The first kappa shape index (κ1) is 12.9. The molecule has 2 N–H and O–H groups in total. The van der Waals surface area contributed by atoms with Gasteiger partial charge in [0.1, 0.15) is 5.69 Å². The number of amides is 1. The van der Waals surface area contributed by atoms with Crippen LogP contribution < -0.4 is 5.73 Å². The lowest BCUT2D eigenvalue weighted by atomic mass is 9.92. The minimum Gasteiger partial charge on any atom is -0.340 e. The van der Waals surface area contributed by atoms with Crippen LogP contribution in [0.4, 0.5) is 0 Å². The molecule has 1 aromatic heterocycles. The molecule has 2 heterocycles. The zero-order valence-corrected chi connectivity index (χ0v) is 11.5. The second kappa shape index (κ2) is 5.09. The van der Waals surface area contributed by atoms with E-state index in [-0.39, 0.29) is 11.9 Å². The van der Waals surface area contributed by atoms with Crippen LogP contribution in [0.5, 0.6) is 0 Å². The first-order chi connectivity index (χ1) is 9.70. The Bertz CT molecular complexity index is 634. The van der Waals surface area contributed by atoms with Gasteiger partial charge in [-0.05, 0) is 17.5 Å². The fourth-order valence-corrected chi connectivity index (χ4v) is 2.82. The molecule has 104 valence electrons. The van der Waals surface area contributed by atoms with E-state index in [0.29, 0.717) is 18.8 Å². The summed E-state index contributed by atoms with van der Waals surface area (Å²) in [5.74, 6) is -0.0458. The highest BCUT2D eigenvalue weighted by Gasteiger charge is 2.30. The summed E-state index contributed by atoms with van der Waals surface area (Å²) < 4.78 is 1.78. The quantitative estimate of drug-likeness (QED) is 0.889. The molecule has 1 aliphatic heterocycles. The van der Waals surface area contributed by atoms with Gasteiger partial charge >= 0.3 is 0 Å². The summed E-state index contributed by atoms with van der Waals surface area (Å²) >= 11 is 0. The molecule has 1 amide bonds. The van der Waals surface area contributed by atoms with E-state index in [0.717, 1.165) is 12.0 Å². The SMILES string of the molecule is Cn1cnc(C(=O)N2CCc3ccccc3C2CN)c1. The number of benzene rings is 1. The summed E-state index contributed by atoms with van der Waals surface area (Å²) in [6, 6.07) is 8.14. The van der Waals surface area contributed by atoms with Crippen molar-refractivity contribution in [1.82, 2.24) is 14.5 Å². The number of nitrogens with two attached hydrogens (primary N) is 1. The molecule has 1 aromatic carbocycles. The third kappa shape index (κ3) is 2.10. The van der Waals surface area contributed by atoms with E-state index >= 15 is 0 Å². The van der Waals surface area contributed by atoms with Gasteiger partial charge < -0.3 is 15.2 Å². The summed E-state index contributed by atoms with van der Waals surface area (Å²) in [6.45, 7) is 1.11. The first-order valence-electron chi connectivity index (χ1n) is 6.77. The molecule has 1 aliphatic rings. The van der Waals surface area contributed by atoms with E-state index in [4.69, 9.17) is 5.73 Å². The van der Waals surface area contributed by atoms with Gasteiger partial charge in [-0.2, -0.15) is 0 Å². The zero-order chi connectivity index (χ0) is 14.1. The van der Waals surface area contributed by atoms with E-state index in [2.05, 4.69) is 17.1 Å². The van der Waals surface area contributed by atoms with E-state index < -0.39 is 0 Å². The summed E-state index contributed by atoms with van der Waals surface area (Å²) in [5, 5.41) is 0. The molecule has 0 spiro atoms. The van der Waals surface area contributed by atoms with Crippen LogP contribution in [-0.4, -0.2) is 33.4 Å². The van der Waals surface area contributed by atoms with Crippen molar-refractivity contribution >= 4 is 5.91 Å². The van der Waals surface area contributed by atoms with Gasteiger partial charge in [0.15, 0.2) is 0 Å². The Hall–Kier alpha value is -2.14. The van der Waals surface area contributed by atoms with Crippen molar-refractivity contribution in [3.63, 3.8) is 0 Å². The van der Waals surface area contributed by atoms with E-state index in [1.807, 2.05) is 24.1 Å². The summed E-state index contributed by atoms with van der Waals surface area (Å²) in [4.78, 5) is 18.6. The second-order valence-corrected chi connectivity index (χ2v) is 5.12. The zero-order valence-electron chi connectivity index (χ0n) is 11.5. The molecule has 0 bridgehead atoms. The maximum absolute atomic E-state index is 12.6. The fourth-order valence-electron chi connectivity index (χ4n) is 2.82. The number of aromatic nitrogens is 2. The van der Waals surface area contributed by atoms with Gasteiger partial charge in [0, 0.05) is 26.3 Å². The lowest BCUT2D eigenvalue weighted by Crippen LogP contribution is -2.43. The lowest BCUT2D eigenvalue weighted by Gasteiger charge is -2.36. The lowest BCUT2D eigenvalue weighted by molar-refractivity contribution is 0.0662. The van der Waals surface area contributed by atoms with Crippen LogP contribution in [-0.2, 0) is 13.5 Å². The number of aryl methyl sites for hydroxylation is 1. The minimum absolute atomic E-state index is 0.0458. The molecule has 1 unspecified atom stereocenters. The van der Waals surface area contributed by atoms with Crippen molar-refractivity contribution in [2.75, 3.05) is 13.1 Å². The third-order valence-electron chi connectivity index (χ3n) is 3.82. The van der Waals surface area contributed by atoms with Crippen LogP contribution in [0.3, 0.4) is 0 Å². The van der Waals surface area contributed by atoms with Crippen LogP contribution in [0, 0.1) is 0 Å². The number of rotatable bonds is 2. The highest BCUT2D eigenvalue weighted by molar-refractivity contribution is 5.92. The van der Waals surface area contributed by atoms with Crippen molar-refractivity contribution in [2.24, 2.45) is 12.8 Å². The largest absolute Gasteiger partial charge is 0.340 e. The smallest absolute Gasteiger partial charge is 0.274 e. The Morgan fingerprint density at radius 1 is 1.45 bits per heavy atom. The van der Waals surface area contributed by atoms with Gasteiger partial charge in [-0.1, -0.05) is 24.3 Å². The van der Waals surface area contributed by atoms with Gasteiger partial charge in [0.2, 0.25) is 0 Å². The Labute approximate surface area is 118 Å². The number of imidazole rings is 1. The van der Waals surface area contributed by atoms with Gasteiger partial charge in [0.05, 0.1) is 12.4 Å². The van der Waals surface area contributed by atoms with Crippen LogP contribution in [0.1, 0.15) is 27.7 Å². The monoisotopic (exact) mass is 270 g/mol. The van der Waals surface area contributed by atoms with Crippen LogP contribution in [0.2, 0.25) is 0 Å². The standard InChI is InChI=1S/C15H18N4O/c1-18-9-13(17-10-18)15(20)19-7-6-11-4-2-3-5-12(11)14(19)8-16/h2-5,9-10,14H,6-8,16H2,1H3. The summed E-state index contributed by atoms with van der Waals surface area (Å²) in [5.41, 5.74) is 8.83. The number of fused-ring (bicyclic) bond motifs is 1. The predicted molar refractivity (Wildman–Crippen MR) is 76.2 cm³/mol. The Morgan fingerprint density at radius 3 is 2.95 bits per heavy atom. The number of nitrogens with zero attached hydrogens (tertiary/aromatic N) is 3. The topological polar surface area (TPSA) is 64.2 Å². The van der Waals surface area contributed by atoms with Crippen molar-refractivity contribution < 1.29 is 4.79 Å². The number of carbonyl (C=O) groups excluding carboxylic acids is 1. The minimum atomic E-state index is -0.0607. The number of hydrogen-bond acceptors (Lipinski definition) is 3. The van der Waals surface area contributed by atoms with Gasteiger partial charge in [-0.15, -0.1) is 0 Å². The van der Waals surface area contributed by atoms with Gasteiger partial charge in [-0.25, -0.2) is 4.98 Å². The first-order valence-corrected chi connectivity index (χ1v) is 6.77.